The summed E-state index contributed by atoms with van der Waals surface area (Å²) < 4.78 is 18.4. The van der Waals surface area contributed by atoms with Gasteiger partial charge in [0.1, 0.15) is 0 Å². The van der Waals surface area contributed by atoms with Crippen LogP contribution in [0.5, 0.6) is 5.75 Å². The van der Waals surface area contributed by atoms with E-state index < -0.39 is 0 Å². The Balaban J connectivity index is 1.72. The minimum atomic E-state index is -0.307. The summed E-state index contributed by atoms with van der Waals surface area (Å²) in [6, 6.07) is 5.28. The first-order valence-corrected chi connectivity index (χ1v) is 8.00. The molecule has 0 aromatic heterocycles. The van der Waals surface area contributed by atoms with E-state index in [-0.39, 0.29) is 11.9 Å². The number of nitrogens with one attached hydrogen (secondary N) is 1. The molecule has 0 spiro atoms. The second-order valence-electron chi connectivity index (χ2n) is 5.83. The minimum absolute atomic E-state index is 0.209. The first kappa shape index (κ1) is 16.2. The van der Waals surface area contributed by atoms with Crippen LogP contribution in [0, 0.1) is 5.82 Å². The van der Waals surface area contributed by atoms with Crippen molar-refractivity contribution in [2.45, 2.75) is 38.6 Å². The highest BCUT2D eigenvalue weighted by Gasteiger charge is 2.11. The molecule has 3 nitrogen and oxygen atoms in total. The molecular weight excluding hydrogens is 267 g/mol. The highest BCUT2D eigenvalue weighted by molar-refractivity contribution is 5.31. The summed E-state index contributed by atoms with van der Waals surface area (Å²) >= 11 is 0. The summed E-state index contributed by atoms with van der Waals surface area (Å²) in [6.07, 6.45) is 5.24. The van der Waals surface area contributed by atoms with Crippen LogP contribution < -0.4 is 10.1 Å². The number of nitrogens with zero attached hydrogens (tertiary/aromatic N) is 1. The topological polar surface area (TPSA) is 24.5 Å². The molecule has 1 fully saturated rings. The molecule has 1 heterocycles. The van der Waals surface area contributed by atoms with Crippen molar-refractivity contribution in [3.8, 4) is 5.75 Å². The Kier molecular flexibility index (Phi) is 6.46. The average molecular weight is 294 g/mol. The zero-order chi connectivity index (χ0) is 15.1. The lowest BCUT2D eigenvalue weighted by atomic mass is 10.1. The molecule has 1 unspecified atom stereocenters. The van der Waals surface area contributed by atoms with Crippen LogP contribution in [0.15, 0.2) is 18.2 Å². The zero-order valence-corrected chi connectivity index (χ0v) is 13.2. The molecule has 0 aliphatic carbocycles. The number of hydrogen-bond donors (Lipinski definition) is 1. The highest BCUT2D eigenvalue weighted by Crippen LogP contribution is 2.22. The molecule has 1 aliphatic heterocycles. The second-order valence-corrected chi connectivity index (χ2v) is 5.83. The van der Waals surface area contributed by atoms with Crippen LogP contribution in [0.2, 0.25) is 0 Å². The van der Waals surface area contributed by atoms with Gasteiger partial charge in [-0.3, -0.25) is 0 Å². The van der Waals surface area contributed by atoms with E-state index in [1.165, 1.54) is 52.1 Å². The van der Waals surface area contributed by atoms with Gasteiger partial charge in [-0.1, -0.05) is 12.5 Å². The molecule has 2 rings (SSSR count). The molecule has 0 saturated carbocycles. The van der Waals surface area contributed by atoms with Crippen molar-refractivity contribution in [2.24, 2.45) is 0 Å². The Hall–Kier alpha value is -1.13. The van der Waals surface area contributed by atoms with Gasteiger partial charge in [-0.2, -0.15) is 0 Å². The second kappa shape index (κ2) is 8.35. The van der Waals surface area contributed by atoms with E-state index in [1.54, 1.807) is 6.07 Å². The molecule has 4 heteroatoms. The zero-order valence-electron chi connectivity index (χ0n) is 13.2. The first-order valence-electron chi connectivity index (χ1n) is 8.00. The molecule has 118 valence electrons. The summed E-state index contributed by atoms with van der Waals surface area (Å²) in [5, 5.41) is 3.50. The van der Waals surface area contributed by atoms with Gasteiger partial charge in [0.05, 0.1) is 7.11 Å². The standard InChI is InChI=1S/C17H27FN2O/c1-14(15-7-8-16(18)17(13-15)21-2)19-9-6-12-20-10-4-3-5-11-20/h7-8,13-14,19H,3-6,9-12H2,1-2H3. The normalized spacial score (nSPS) is 17.7. The molecule has 1 aromatic rings. The Labute approximate surface area is 127 Å². The van der Waals surface area contributed by atoms with Crippen LogP contribution >= 0.6 is 0 Å². The summed E-state index contributed by atoms with van der Waals surface area (Å²) in [5.41, 5.74) is 1.06. The lowest BCUT2D eigenvalue weighted by Crippen LogP contribution is -2.32. The van der Waals surface area contributed by atoms with Crippen molar-refractivity contribution in [1.29, 1.82) is 0 Å². The molecule has 0 bridgehead atoms. The van der Waals surface area contributed by atoms with Crippen molar-refractivity contribution in [2.75, 3.05) is 33.3 Å². The smallest absolute Gasteiger partial charge is 0.165 e. The quantitative estimate of drug-likeness (QED) is 0.780. The van der Waals surface area contributed by atoms with Gasteiger partial charge in [0, 0.05) is 6.04 Å². The third-order valence-corrected chi connectivity index (χ3v) is 4.23. The Morgan fingerprint density at radius 1 is 1.29 bits per heavy atom. The van der Waals surface area contributed by atoms with E-state index in [4.69, 9.17) is 4.74 Å². The molecule has 1 N–H and O–H groups in total. The molecule has 1 saturated heterocycles. The van der Waals surface area contributed by atoms with Crippen molar-refractivity contribution in [3.05, 3.63) is 29.6 Å². The SMILES string of the molecule is COc1cc(C(C)NCCCN2CCCCC2)ccc1F. The maximum absolute atomic E-state index is 13.4. The number of rotatable bonds is 7. The highest BCUT2D eigenvalue weighted by atomic mass is 19.1. The molecule has 21 heavy (non-hydrogen) atoms. The fraction of sp³-hybridized carbons (Fsp3) is 0.647. The summed E-state index contributed by atoms with van der Waals surface area (Å²) in [5.74, 6) is 0.00742. The maximum atomic E-state index is 13.4. The number of halogens is 1. The van der Waals surface area contributed by atoms with Gasteiger partial charge in [-0.25, -0.2) is 4.39 Å². The van der Waals surface area contributed by atoms with Gasteiger partial charge in [0.2, 0.25) is 0 Å². The molecule has 0 amide bonds. The van der Waals surface area contributed by atoms with Gasteiger partial charge >= 0.3 is 0 Å². The Morgan fingerprint density at radius 3 is 2.76 bits per heavy atom. The number of benzene rings is 1. The van der Waals surface area contributed by atoms with Crippen LogP contribution in [-0.4, -0.2) is 38.2 Å². The van der Waals surface area contributed by atoms with Gasteiger partial charge in [0.15, 0.2) is 11.6 Å². The number of likely N-dealkylation sites (tertiary alicyclic amines) is 1. The van der Waals surface area contributed by atoms with Crippen LogP contribution in [0.25, 0.3) is 0 Å². The van der Waals surface area contributed by atoms with Crippen molar-refractivity contribution < 1.29 is 9.13 Å². The third kappa shape index (κ3) is 4.97. The van der Waals surface area contributed by atoms with E-state index in [0.29, 0.717) is 5.75 Å². The van der Waals surface area contributed by atoms with Crippen molar-refractivity contribution >= 4 is 0 Å². The molecule has 1 aromatic carbocycles. The molecule has 0 radical (unpaired) electrons. The Morgan fingerprint density at radius 2 is 2.05 bits per heavy atom. The minimum Gasteiger partial charge on any atom is -0.494 e. The molecule has 1 atom stereocenters. The number of methoxy groups -OCH3 is 1. The van der Waals surface area contributed by atoms with E-state index >= 15 is 0 Å². The Bertz CT molecular complexity index is 433. The van der Waals surface area contributed by atoms with Gasteiger partial charge in [-0.15, -0.1) is 0 Å². The van der Waals surface area contributed by atoms with Crippen molar-refractivity contribution in [3.63, 3.8) is 0 Å². The fourth-order valence-electron chi connectivity index (χ4n) is 2.87. The van der Waals surface area contributed by atoms with Crippen LogP contribution in [0.1, 0.15) is 44.2 Å². The lowest BCUT2D eigenvalue weighted by Gasteiger charge is -2.26. The number of piperidine rings is 1. The largest absolute Gasteiger partial charge is 0.494 e. The van der Waals surface area contributed by atoms with Crippen LogP contribution in [-0.2, 0) is 0 Å². The van der Waals surface area contributed by atoms with Gasteiger partial charge < -0.3 is 15.0 Å². The predicted octanol–water partition coefficient (Wildman–Crippen LogP) is 3.36. The van der Waals surface area contributed by atoms with E-state index in [2.05, 4.69) is 17.1 Å². The summed E-state index contributed by atoms with van der Waals surface area (Å²) in [4.78, 5) is 2.55. The monoisotopic (exact) mass is 294 g/mol. The van der Waals surface area contributed by atoms with E-state index in [0.717, 1.165) is 18.5 Å². The average Bonchev–Trinajstić information content (AvgIpc) is 2.53. The number of hydrogen-bond acceptors (Lipinski definition) is 3. The van der Waals surface area contributed by atoms with Gasteiger partial charge in [-0.05, 0) is 70.1 Å². The van der Waals surface area contributed by atoms with Crippen LogP contribution in [0.4, 0.5) is 4.39 Å². The molecular formula is C17H27FN2O. The summed E-state index contributed by atoms with van der Waals surface area (Å²) in [7, 11) is 1.50. The first-order chi connectivity index (χ1) is 10.2. The van der Waals surface area contributed by atoms with E-state index in [1.807, 2.05) is 6.07 Å². The molecule has 1 aliphatic rings. The van der Waals surface area contributed by atoms with Gasteiger partial charge in [0.25, 0.3) is 0 Å². The maximum Gasteiger partial charge on any atom is 0.165 e. The lowest BCUT2D eigenvalue weighted by molar-refractivity contribution is 0.225. The van der Waals surface area contributed by atoms with Crippen LogP contribution in [0.3, 0.4) is 0 Å². The van der Waals surface area contributed by atoms with E-state index in [9.17, 15) is 4.39 Å². The predicted molar refractivity (Wildman–Crippen MR) is 84.3 cm³/mol. The number of ether oxygens (including phenoxy) is 1. The summed E-state index contributed by atoms with van der Waals surface area (Å²) in [6.45, 7) is 6.77. The third-order valence-electron chi connectivity index (χ3n) is 4.23. The van der Waals surface area contributed by atoms with Crippen molar-refractivity contribution in [1.82, 2.24) is 10.2 Å². The fourth-order valence-corrected chi connectivity index (χ4v) is 2.87.